The van der Waals surface area contributed by atoms with E-state index in [1.807, 2.05) is 0 Å². The summed E-state index contributed by atoms with van der Waals surface area (Å²) < 4.78 is 59.7. The van der Waals surface area contributed by atoms with E-state index in [-0.39, 0.29) is 47.1 Å². The highest BCUT2D eigenvalue weighted by Gasteiger charge is 2.23. The molecule has 0 radical (unpaired) electrons. The number of halogens is 3. The molecule has 0 bridgehead atoms. The number of nitrogens with one attached hydrogen (secondary N) is 1. The Kier molecular flexibility index (Phi) is 7.54. The van der Waals surface area contributed by atoms with E-state index in [2.05, 4.69) is 5.32 Å². The van der Waals surface area contributed by atoms with Crippen LogP contribution in [0.2, 0.25) is 5.02 Å². The average molecular weight is 567 g/mol. The second kappa shape index (κ2) is 10.5. The zero-order valence-corrected chi connectivity index (χ0v) is 21.6. The highest BCUT2D eigenvalue weighted by atomic mass is 35.5. The van der Waals surface area contributed by atoms with Gasteiger partial charge in [0.2, 0.25) is 15.9 Å². The molecular weight excluding hydrogens is 546 g/mol. The fourth-order valence-electron chi connectivity index (χ4n) is 3.86. The van der Waals surface area contributed by atoms with Gasteiger partial charge in [-0.1, -0.05) is 17.7 Å². The standard InChI is InChI=1S/C24H21ClF2N4O6S/c1-28-11-21(32)30-18-6-3-14(9-19(18)31(24(30)34)38(2,35)36)12-29-8-7-20(22(25)23(29)33)37-13-15-4-5-16(26)10-17(15)27/h3-10,28H,11-13H2,1-2H3. The molecule has 0 aliphatic rings. The molecule has 0 aliphatic carbocycles. The summed E-state index contributed by atoms with van der Waals surface area (Å²) in [5.41, 5.74) is -1.11. The number of nitrogens with zero attached hydrogens (tertiary/aromatic N) is 3. The number of pyridine rings is 1. The summed E-state index contributed by atoms with van der Waals surface area (Å²) in [5.74, 6) is -2.20. The van der Waals surface area contributed by atoms with E-state index in [9.17, 15) is 31.6 Å². The van der Waals surface area contributed by atoms with Gasteiger partial charge in [0.15, 0.2) is 0 Å². The summed E-state index contributed by atoms with van der Waals surface area (Å²) in [6, 6.07) is 8.75. The maximum absolute atomic E-state index is 13.9. The molecule has 0 amide bonds. The van der Waals surface area contributed by atoms with Gasteiger partial charge in [-0.25, -0.2) is 26.6 Å². The highest BCUT2D eigenvalue weighted by Crippen LogP contribution is 2.23. The van der Waals surface area contributed by atoms with Crippen molar-refractivity contribution in [3.8, 4) is 5.75 Å². The highest BCUT2D eigenvalue weighted by molar-refractivity contribution is 7.89. The Morgan fingerprint density at radius 2 is 1.82 bits per heavy atom. The van der Waals surface area contributed by atoms with Crippen LogP contribution in [0.1, 0.15) is 15.9 Å². The van der Waals surface area contributed by atoms with Gasteiger partial charge >= 0.3 is 5.69 Å². The van der Waals surface area contributed by atoms with Gasteiger partial charge in [0.25, 0.3) is 5.56 Å². The van der Waals surface area contributed by atoms with Crippen LogP contribution < -0.4 is 21.3 Å². The van der Waals surface area contributed by atoms with Crippen molar-refractivity contribution in [2.45, 2.75) is 13.2 Å². The number of hydrogen-bond acceptors (Lipinski definition) is 7. The fraction of sp³-hybridized carbons (Fsp3) is 0.208. The van der Waals surface area contributed by atoms with Crippen LogP contribution >= 0.6 is 11.6 Å². The van der Waals surface area contributed by atoms with Crippen LogP contribution in [-0.4, -0.2) is 47.3 Å². The first kappa shape index (κ1) is 27.2. The second-order valence-corrected chi connectivity index (χ2v) is 10.6. The van der Waals surface area contributed by atoms with Gasteiger partial charge < -0.3 is 14.6 Å². The van der Waals surface area contributed by atoms with Gasteiger partial charge in [0.1, 0.15) is 29.0 Å². The van der Waals surface area contributed by atoms with Crippen molar-refractivity contribution in [2.24, 2.45) is 0 Å². The number of carbonyl (C=O) groups excluding carboxylic acids is 1. The molecule has 0 saturated heterocycles. The number of hydrogen-bond donors (Lipinski definition) is 1. The molecule has 0 fully saturated rings. The molecule has 0 aliphatic heterocycles. The monoisotopic (exact) mass is 566 g/mol. The summed E-state index contributed by atoms with van der Waals surface area (Å²) in [5, 5.41) is 2.34. The quantitative estimate of drug-likeness (QED) is 0.347. The predicted molar refractivity (Wildman–Crippen MR) is 136 cm³/mol. The van der Waals surface area contributed by atoms with E-state index in [0.29, 0.717) is 15.6 Å². The lowest BCUT2D eigenvalue weighted by Crippen LogP contribution is -2.35. The summed E-state index contributed by atoms with van der Waals surface area (Å²) in [4.78, 5) is 38.1. The number of likely N-dealkylation sites (N-methyl/N-ethyl adjacent to an activating group) is 1. The van der Waals surface area contributed by atoms with Gasteiger partial charge in [-0.05, 0) is 42.9 Å². The Hall–Kier alpha value is -3.81. The summed E-state index contributed by atoms with van der Waals surface area (Å²) in [6.45, 7) is -0.548. The molecule has 0 unspecified atom stereocenters. The van der Waals surface area contributed by atoms with E-state index in [1.165, 1.54) is 42.1 Å². The zero-order chi connectivity index (χ0) is 27.8. The summed E-state index contributed by atoms with van der Waals surface area (Å²) in [6.07, 6.45) is 2.22. The van der Waals surface area contributed by atoms with E-state index < -0.39 is 38.8 Å². The number of rotatable bonds is 8. The van der Waals surface area contributed by atoms with Crippen LogP contribution in [0.3, 0.4) is 0 Å². The van der Waals surface area contributed by atoms with Crippen molar-refractivity contribution < 1.29 is 26.7 Å². The Balaban J connectivity index is 1.67. The van der Waals surface area contributed by atoms with Crippen LogP contribution in [0, 0.1) is 11.6 Å². The molecule has 10 nitrogen and oxygen atoms in total. The normalized spacial score (nSPS) is 11.7. The van der Waals surface area contributed by atoms with Gasteiger partial charge in [-0.2, -0.15) is 3.97 Å². The number of benzene rings is 2. The Labute approximate surface area is 219 Å². The first-order valence-electron chi connectivity index (χ1n) is 11.0. The topological polar surface area (TPSA) is 121 Å². The van der Waals surface area contributed by atoms with Crippen LogP contribution in [0.25, 0.3) is 11.0 Å². The third-order valence-electron chi connectivity index (χ3n) is 5.60. The maximum atomic E-state index is 13.9. The molecule has 200 valence electrons. The van der Waals surface area contributed by atoms with Crippen molar-refractivity contribution in [2.75, 3.05) is 19.8 Å². The minimum atomic E-state index is -4.08. The number of ether oxygens (including phenoxy) is 1. The van der Waals surface area contributed by atoms with Gasteiger partial charge in [0.05, 0.1) is 30.4 Å². The molecule has 38 heavy (non-hydrogen) atoms. The lowest BCUT2D eigenvalue weighted by Gasteiger charge is -2.12. The molecule has 4 rings (SSSR count). The third kappa shape index (κ3) is 5.26. The lowest BCUT2D eigenvalue weighted by atomic mass is 10.2. The molecule has 2 heterocycles. The summed E-state index contributed by atoms with van der Waals surface area (Å²) in [7, 11) is -2.56. The molecule has 1 N–H and O–H groups in total. The van der Waals surface area contributed by atoms with Crippen LogP contribution in [-0.2, 0) is 23.2 Å². The SMILES string of the molecule is CNCC(=O)n1c(=O)n(S(C)(=O)=O)c2cc(Cn3ccc(OCc4ccc(F)cc4F)c(Cl)c3=O)ccc21. The zero-order valence-electron chi connectivity index (χ0n) is 20.1. The average Bonchev–Trinajstić information content (AvgIpc) is 3.14. The lowest BCUT2D eigenvalue weighted by molar-refractivity contribution is 0.0916. The molecule has 2 aromatic heterocycles. The first-order chi connectivity index (χ1) is 17.9. The molecular formula is C24H21ClF2N4O6S. The number of imidazole rings is 1. The largest absolute Gasteiger partial charge is 0.487 e. The first-order valence-corrected chi connectivity index (χ1v) is 13.3. The Morgan fingerprint density at radius 1 is 1.08 bits per heavy atom. The van der Waals surface area contributed by atoms with Gasteiger partial charge in [-0.3, -0.25) is 9.59 Å². The van der Waals surface area contributed by atoms with Crippen LogP contribution in [0.4, 0.5) is 8.78 Å². The van der Waals surface area contributed by atoms with Crippen LogP contribution in [0.5, 0.6) is 5.75 Å². The van der Waals surface area contributed by atoms with E-state index in [1.54, 1.807) is 6.07 Å². The fourth-order valence-corrected chi connectivity index (χ4v) is 4.96. The van der Waals surface area contributed by atoms with Crippen molar-refractivity contribution >= 4 is 38.6 Å². The maximum Gasteiger partial charge on any atom is 0.349 e. The Morgan fingerprint density at radius 3 is 2.47 bits per heavy atom. The van der Waals surface area contributed by atoms with Crippen molar-refractivity contribution in [3.05, 3.63) is 97.3 Å². The third-order valence-corrected chi connectivity index (χ3v) is 6.96. The number of aromatic nitrogens is 3. The second-order valence-electron chi connectivity index (χ2n) is 8.34. The molecule has 4 aromatic rings. The van der Waals surface area contributed by atoms with Crippen molar-refractivity contribution in [3.63, 3.8) is 0 Å². The number of carbonyl (C=O) groups is 1. The molecule has 14 heteroatoms. The van der Waals surface area contributed by atoms with Crippen molar-refractivity contribution in [1.82, 2.24) is 18.4 Å². The number of fused-ring (bicyclic) bond motifs is 1. The summed E-state index contributed by atoms with van der Waals surface area (Å²) >= 11 is 6.18. The molecule has 0 saturated carbocycles. The van der Waals surface area contributed by atoms with E-state index in [4.69, 9.17) is 16.3 Å². The smallest absolute Gasteiger partial charge is 0.349 e. The van der Waals surface area contributed by atoms with Crippen LogP contribution in [0.15, 0.2) is 58.3 Å². The van der Waals surface area contributed by atoms with Gasteiger partial charge in [0, 0.05) is 17.8 Å². The van der Waals surface area contributed by atoms with Crippen molar-refractivity contribution in [1.29, 1.82) is 0 Å². The predicted octanol–water partition coefficient (Wildman–Crippen LogP) is 2.19. The van der Waals surface area contributed by atoms with Gasteiger partial charge in [-0.15, -0.1) is 0 Å². The molecule has 0 spiro atoms. The molecule has 0 atom stereocenters. The van der Waals surface area contributed by atoms with E-state index in [0.717, 1.165) is 16.9 Å². The van der Waals surface area contributed by atoms with E-state index >= 15 is 0 Å². The molecule has 2 aromatic carbocycles. The Bertz CT molecular complexity index is 1800. The minimum absolute atomic E-state index is 0.0156. The minimum Gasteiger partial charge on any atom is -0.487 e.